The van der Waals surface area contributed by atoms with Gasteiger partial charge in [0.15, 0.2) is 0 Å². The monoisotopic (exact) mass is 333 g/mol. The molecule has 4 nitrogen and oxygen atoms in total. The molecule has 4 N–H and O–H groups in total. The number of allylic oxidation sites excluding steroid dienone is 3. The van der Waals surface area contributed by atoms with Gasteiger partial charge in [0.2, 0.25) is 0 Å². The van der Waals surface area contributed by atoms with Gasteiger partial charge in [-0.15, -0.1) is 0 Å². The molecule has 0 aromatic heterocycles. The normalized spacial score (nSPS) is 53.6. The third kappa shape index (κ3) is 1.89. The smallest absolute Gasteiger partial charge is 0.147 e. The molecule has 0 amide bonds. The summed E-state index contributed by atoms with van der Waals surface area (Å²) < 4.78 is 0. The first-order valence-electron chi connectivity index (χ1n) is 9.45. The van der Waals surface area contributed by atoms with E-state index in [-0.39, 0.29) is 22.9 Å². The number of hydrogen-bond acceptors (Lipinski definition) is 4. The van der Waals surface area contributed by atoms with Crippen molar-refractivity contribution in [3.63, 3.8) is 0 Å². The SMILES string of the molecule is CNC1(O)C(O)C[C@H]2C3=CC=C4CC(O)CC[C@]4(C)[C@@H]3CC[C@@]21C. The highest BCUT2D eigenvalue weighted by molar-refractivity contribution is 5.40. The summed E-state index contributed by atoms with van der Waals surface area (Å²) in [6, 6.07) is 0. The molecule has 0 spiro atoms. The Morgan fingerprint density at radius 1 is 1.08 bits per heavy atom. The van der Waals surface area contributed by atoms with Crippen LogP contribution in [0, 0.1) is 22.7 Å². The van der Waals surface area contributed by atoms with Gasteiger partial charge >= 0.3 is 0 Å². The van der Waals surface area contributed by atoms with E-state index in [1.54, 1.807) is 7.05 Å². The highest BCUT2D eigenvalue weighted by Gasteiger charge is 2.65. The first kappa shape index (κ1) is 16.8. The second kappa shape index (κ2) is 5.16. The predicted molar refractivity (Wildman–Crippen MR) is 93.1 cm³/mol. The van der Waals surface area contributed by atoms with Gasteiger partial charge in [-0.2, -0.15) is 0 Å². The van der Waals surface area contributed by atoms with Crippen molar-refractivity contribution in [1.29, 1.82) is 0 Å². The van der Waals surface area contributed by atoms with Gasteiger partial charge in [-0.05, 0) is 62.8 Å². The number of fused-ring (bicyclic) bond motifs is 5. The Balaban J connectivity index is 1.76. The average Bonchev–Trinajstić information content (AvgIpc) is 2.76. The summed E-state index contributed by atoms with van der Waals surface area (Å²) in [5.41, 5.74) is 1.39. The minimum absolute atomic E-state index is 0.135. The zero-order valence-corrected chi connectivity index (χ0v) is 15.0. The summed E-state index contributed by atoms with van der Waals surface area (Å²) in [5.74, 6) is 0.694. The van der Waals surface area contributed by atoms with Crippen LogP contribution in [0.1, 0.15) is 52.4 Å². The molecule has 0 bridgehead atoms. The molecule has 0 heterocycles. The third-order valence-electron chi connectivity index (χ3n) is 8.15. The quantitative estimate of drug-likeness (QED) is 0.555. The topological polar surface area (TPSA) is 72.7 Å². The lowest BCUT2D eigenvalue weighted by molar-refractivity contribution is -0.151. The van der Waals surface area contributed by atoms with Crippen LogP contribution in [0.2, 0.25) is 0 Å². The largest absolute Gasteiger partial charge is 0.393 e. The van der Waals surface area contributed by atoms with E-state index in [0.29, 0.717) is 12.3 Å². The fourth-order valence-corrected chi connectivity index (χ4v) is 6.46. The van der Waals surface area contributed by atoms with Crippen molar-refractivity contribution in [1.82, 2.24) is 5.32 Å². The fourth-order valence-electron chi connectivity index (χ4n) is 6.46. The van der Waals surface area contributed by atoms with Gasteiger partial charge in [0, 0.05) is 5.41 Å². The van der Waals surface area contributed by atoms with Crippen LogP contribution < -0.4 is 5.32 Å². The van der Waals surface area contributed by atoms with E-state index in [2.05, 4.69) is 31.3 Å². The van der Waals surface area contributed by atoms with Crippen LogP contribution in [-0.4, -0.2) is 40.3 Å². The summed E-state index contributed by atoms with van der Waals surface area (Å²) in [6.07, 6.45) is 8.82. The van der Waals surface area contributed by atoms with E-state index < -0.39 is 11.8 Å². The summed E-state index contributed by atoms with van der Waals surface area (Å²) in [7, 11) is 1.75. The Labute approximate surface area is 144 Å². The van der Waals surface area contributed by atoms with Gasteiger partial charge in [0.25, 0.3) is 0 Å². The highest BCUT2D eigenvalue weighted by atomic mass is 16.4. The van der Waals surface area contributed by atoms with Crippen molar-refractivity contribution in [2.24, 2.45) is 22.7 Å². The molecule has 4 aliphatic carbocycles. The van der Waals surface area contributed by atoms with Gasteiger partial charge in [0.05, 0.1) is 12.2 Å². The van der Waals surface area contributed by atoms with Crippen LogP contribution in [0.25, 0.3) is 0 Å². The zero-order valence-electron chi connectivity index (χ0n) is 15.0. The maximum Gasteiger partial charge on any atom is 0.147 e. The lowest BCUT2D eigenvalue weighted by Gasteiger charge is -2.55. The lowest BCUT2D eigenvalue weighted by atomic mass is 9.50. The van der Waals surface area contributed by atoms with E-state index in [0.717, 1.165) is 32.1 Å². The average molecular weight is 333 g/mol. The van der Waals surface area contributed by atoms with Crippen molar-refractivity contribution < 1.29 is 15.3 Å². The van der Waals surface area contributed by atoms with Crippen LogP contribution in [0.4, 0.5) is 0 Å². The Bertz CT molecular complexity index is 614. The Morgan fingerprint density at radius 3 is 2.54 bits per heavy atom. The minimum Gasteiger partial charge on any atom is -0.393 e. The number of aliphatic hydroxyl groups is 3. The summed E-state index contributed by atoms with van der Waals surface area (Å²) in [6.45, 7) is 4.49. The Morgan fingerprint density at radius 2 is 1.83 bits per heavy atom. The molecule has 4 rings (SSSR count). The van der Waals surface area contributed by atoms with E-state index in [1.165, 1.54) is 11.1 Å². The van der Waals surface area contributed by atoms with Crippen molar-refractivity contribution in [3.05, 3.63) is 23.3 Å². The molecule has 0 radical (unpaired) electrons. The molecule has 134 valence electrons. The molecule has 3 unspecified atom stereocenters. The maximum atomic E-state index is 11.1. The van der Waals surface area contributed by atoms with Gasteiger partial charge in [-0.3, -0.25) is 5.32 Å². The molecule has 0 aliphatic heterocycles. The molecule has 7 atom stereocenters. The Hall–Kier alpha value is -0.680. The molecule has 4 aliphatic rings. The van der Waals surface area contributed by atoms with Gasteiger partial charge < -0.3 is 15.3 Å². The minimum atomic E-state index is -1.21. The standard InChI is InChI=1S/C20H31NO3/c1-18-8-6-13(22)10-12(18)4-5-14-15(18)7-9-19(2)16(14)11-17(23)20(19,24)21-3/h4-5,13,15-17,21-24H,6-11H2,1-3H3/t13?,15-,16+,17?,18+,19+,20?/m1/s1. The van der Waals surface area contributed by atoms with Gasteiger partial charge in [-0.1, -0.05) is 37.1 Å². The molecule has 0 aromatic rings. The van der Waals surface area contributed by atoms with Gasteiger partial charge in [0.1, 0.15) is 5.72 Å². The van der Waals surface area contributed by atoms with Crippen molar-refractivity contribution >= 4 is 0 Å². The summed E-state index contributed by atoms with van der Waals surface area (Å²) in [5, 5.41) is 34.8. The second-order valence-electron chi connectivity index (χ2n) is 9.00. The van der Waals surface area contributed by atoms with Crippen LogP contribution >= 0.6 is 0 Å². The van der Waals surface area contributed by atoms with Crippen LogP contribution in [0.15, 0.2) is 23.3 Å². The van der Waals surface area contributed by atoms with E-state index >= 15 is 0 Å². The van der Waals surface area contributed by atoms with Crippen molar-refractivity contribution in [2.75, 3.05) is 7.05 Å². The molecule has 3 saturated carbocycles. The molecule has 3 fully saturated rings. The number of hydrogen-bond donors (Lipinski definition) is 4. The summed E-state index contributed by atoms with van der Waals surface area (Å²) in [4.78, 5) is 0. The number of rotatable bonds is 1. The first-order valence-corrected chi connectivity index (χ1v) is 9.45. The van der Waals surface area contributed by atoms with Crippen molar-refractivity contribution in [3.8, 4) is 0 Å². The fraction of sp³-hybridized carbons (Fsp3) is 0.800. The van der Waals surface area contributed by atoms with Gasteiger partial charge in [-0.25, -0.2) is 0 Å². The Kier molecular flexibility index (Phi) is 3.61. The highest BCUT2D eigenvalue weighted by Crippen LogP contribution is 2.65. The molecule has 0 aromatic carbocycles. The molecular formula is C20H31NO3. The first-order chi connectivity index (χ1) is 11.3. The number of likely N-dealkylation sites (N-methyl/N-ethyl adjacent to an activating group) is 1. The second-order valence-corrected chi connectivity index (χ2v) is 9.00. The molecular weight excluding hydrogens is 302 g/mol. The number of aliphatic hydroxyl groups excluding tert-OH is 2. The van der Waals surface area contributed by atoms with Crippen LogP contribution in [-0.2, 0) is 0 Å². The van der Waals surface area contributed by atoms with Crippen LogP contribution in [0.3, 0.4) is 0 Å². The van der Waals surface area contributed by atoms with E-state index in [1.807, 2.05) is 0 Å². The number of nitrogens with one attached hydrogen (secondary N) is 1. The van der Waals surface area contributed by atoms with E-state index in [9.17, 15) is 15.3 Å². The van der Waals surface area contributed by atoms with Crippen molar-refractivity contribution in [2.45, 2.75) is 70.3 Å². The maximum absolute atomic E-state index is 11.1. The van der Waals surface area contributed by atoms with E-state index in [4.69, 9.17) is 0 Å². The molecule has 24 heavy (non-hydrogen) atoms. The lowest BCUT2D eigenvalue weighted by Crippen LogP contribution is -2.61. The zero-order chi connectivity index (χ0) is 17.3. The molecule has 4 heteroatoms. The summed E-state index contributed by atoms with van der Waals surface area (Å²) >= 11 is 0. The molecule has 0 saturated heterocycles. The third-order valence-corrected chi connectivity index (χ3v) is 8.15. The van der Waals surface area contributed by atoms with Crippen LogP contribution in [0.5, 0.6) is 0 Å². The predicted octanol–water partition coefficient (Wildman–Crippen LogP) is 2.11.